The Morgan fingerprint density at radius 3 is 2.58 bits per heavy atom. The Labute approximate surface area is 151 Å². The number of benzene rings is 2. The molecule has 6 heteroatoms. The first-order chi connectivity index (χ1) is 12.4. The van der Waals surface area contributed by atoms with Crippen LogP contribution in [0.4, 0.5) is 8.78 Å². The summed E-state index contributed by atoms with van der Waals surface area (Å²) in [5.41, 5.74) is 1.42. The van der Waals surface area contributed by atoms with Crippen molar-refractivity contribution in [1.29, 1.82) is 0 Å². The number of methoxy groups -OCH3 is 1. The van der Waals surface area contributed by atoms with Crippen LogP contribution in [-0.2, 0) is 4.79 Å². The number of amides is 1. The van der Waals surface area contributed by atoms with E-state index in [0.29, 0.717) is 17.1 Å². The number of allylic oxidation sites excluding steroid dienone is 1. The molecule has 0 aromatic heterocycles. The Balaban J connectivity index is 1.96. The number of carbonyl (C=O) groups excluding carboxylic acids is 1. The van der Waals surface area contributed by atoms with Crippen LogP contribution < -0.4 is 14.8 Å². The van der Waals surface area contributed by atoms with E-state index in [4.69, 9.17) is 9.47 Å². The predicted octanol–water partition coefficient (Wildman–Crippen LogP) is 4.26. The highest BCUT2D eigenvalue weighted by Gasteiger charge is 2.13. The Bertz CT molecular complexity index is 806. The van der Waals surface area contributed by atoms with Gasteiger partial charge in [0.2, 0.25) is 0 Å². The summed E-state index contributed by atoms with van der Waals surface area (Å²) in [4.78, 5) is 12.1. The summed E-state index contributed by atoms with van der Waals surface area (Å²) in [6.45, 7) is 3.36. The standard InChI is InChI=1S/C20H21F2NO3/c1-4-5-14-6-9-18(19(10-14)25-3)26-12-20(24)23-13(2)15-7-8-16(21)17(22)11-15/h4-11,13H,12H2,1-3H3,(H,23,24)/b5-4+. The number of ether oxygens (including phenoxy) is 2. The summed E-state index contributed by atoms with van der Waals surface area (Å²) in [7, 11) is 1.52. The number of carbonyl (C=O) groups is 1. The van der Waals surface area contributed by atoms with E-state index in [2.05, 4.69) is 5.32 Å². The molecule has 0 aliphatic rings. The molecule has 26 heavy (non-hydrogen) atoms. The third-order valence-electron chi connectivity index (χ3n) is 3.73. The molecule has 0 radical (unpaired) electrons. The Morgan fingerprint density at radius 1 is 1.15 bits per heavy atom. The number of rotatable bonds is 7. The lowest BCUT2D eigenvalue weighted by Gasteiger charge is -2.16. The third kappa shape index (κ3) is 5.05. The molecule has 1 atom stereocenters. The SMILES string of the molecule is C/C=C/c1ccc(OCC(=O)NC(C)c2ccc(F)c(F)c2)c(OC)c1. The van der Waals surface area contributed by atoms with E-state index in [9.17, 15) is 13.6 Å². The van der Waals surface area contributed by atoms with Gasteiger partial charge in [0.05, 0.1) is 13.2 Å². The van der Waals surface area contributed by atoms with Gasteiger partial charge >= 0.3 is 0 Å². The summed E-state index contributed by atoms with van der Waals surface area (Å²) < 4.78 is 37.0. The molecule has 0 saturated carbocycles. The smallest absolute Gasteiger partial charge is 0.258 e. The molecule has 1 unspecified atom stereocenters. The van der Waals surface area contributed by atoms with Gasteiger partial charge in [0.15, 0.2) is 29.7 Å². The zero-order valence-corrected chi connectivity index (χ0v) is 14.9. The number of halogens is 2. The van der Waals surface area contributed by atoms with Crippen molar-refractivity contribution in [3.8, 4) is 11.5 Å². The maximum Gasteiger partial charge on any atom is 0.258 e. The zero-order chi connectivity index (χ0) is 19.1. The largest absolute Gasteiger partial charge is 0.493 e. The Kier molecular flexibility index (Phi) is 6.72. The van der Waals surface area contributed by atoms with Crippen LogP contribution in [0.3, 0.4) is 0 Å². The molecule has 0 fully saturated rings. The van der Waals surface area contributed by atoms with Crippen molar-refractivity contribution >= 4 is 12.0 Å². The maximum absolute atomic E-state index is 13.3. The van der Waals surface area contributed by atoms with Crippen molar-refractivity contribution in [2.24, 2.45) is 0 Å². The van der Waals surface area contributed by atoms with Gasteiger partial charge in [-0.05, 0) is 49.2 Å². The van der Waals surface area contributed by atoms with Gasteiger partial charge in [0.25, 0.3) is 5.91 Å². The van der Waals surface area contributed by atoms with Crippen molar-refractivity contribution in [3.63, 3.8) is 0 Å². The van der Waals surface area contributed by atoms with E-state index >= 15 is 0 Å². The van der Waals surface area contributed by atoms with Crippen molar-refractivity contribution in [2.75, 3.05) is 13.7 Å². The molecule has 0 saturated heterocycles. The first kappa shape index (κ1) is 19.4. The van der Waals surface area contributed by atoms with Crippen LogP contribution in [0.5, 0.6) is 11.5 Å². The molecule has 2 aromatic rings. The molecular formula is C20H21F2NO3. The molecule has 0 heterocycles. The van der Waals surface area contributed by atoms with Crippen molar-refractivity contribution < 1.29 is 23.0 Å². The van der Waals surface area contributed by atoms with Crippen LogP contribution in [0.15, 0.2) is 42.5 Å². The Hall–Kier alpha value is -2.89. The predicted molar refractivity (Wildman–Crippen MR) is 96.1 cm³/mol. The van der Waals surface area contributed by atoms with Crippen LogP contribution in [0.1, 0.15) is 31.0 Å². The lowest BCUT2D eigenvalue weighted by molar-refractivity contribution is -0.123. The summed E-state index contributed by atoms with van der Waals surface area (Å²) in [5.74, 6) is -1.31. The average Bonchev–Trinajstić information content (AvgIpc) is 2.62. The van der Waals surface area contributed by atoms with Gasteiger partial charge in [-0.2, -0.15) is 0 Å². The highest BCUT2D eigenvalue weighted by Crippen LogP contribution is 2.28. The number of hydrogen-bond acceptors (Lipinski definition) is 3. The molecular weight excluding hydrogens is 340 g/mol. The van der Waals surface area contributed by atoms with Gasteiger partial charge in [-0.15, -0.1) is 0 Å². The van der Waals surface area contributed by atoms with Crippen LogP contribution in [-0.4, -0.2) is 19.6 Å². The summed E-state index contributed by atoms with van der Waals surface area (Å²) in [5, 5.41) is 2.68. The second-order valence-electron chi connectivity index (χ2n) is 5.66. The third-order valence-corrected chi connectivity index (χ3v) is 3.73. The van der Waals surface area contributed by atoms with Crippen molar-refractivity contribution in [2.45, 2.75) is 19.9 Å². The lowest BCUT2D eigenvalue weighted by Crippen LogP contribution is -2.31. The van der Waals surface area contributed by atoms with Gasteiger partial charge in [0, 0.05) is 0 Å². The Morgan fingerprint density at radius 2 is 1.92 bits per heavy atom. The fraction of sp³-hybridized carbons (Fsp3) is 0.250. The molecule has 1 amide bonds. The minimum absolute atomic E-state index is 0.229. The van der Waals surface area contributed by atoms with E-state index in [0.717, 1.165) is 17.7 Å². The molecule has 2 rings (SSSR count). The van der Waals surface area contributed by atoms with Crippen LogP contribution >= 0.6 is 0 Å². The normalized spacial score (nSPS) is 12.0. The van der Waals surface area contributed by atoms with Gasteiger partial charge in [-0.1, -0.05) is 24.3 Å². The highest BCUT2D eigenvalue weighted by atomic mass is 19.2. The van der Waals surface area contributed by atoms with E-state index in [-0.39, 0.29) is 12.5 Å². The number of nitrogens with one attached hydrogen (secondary N) is 1. The van der Waals surface area contributed by atoms with Crippen LogP contribution in [0.2, 0.25) is 0 Å². The molecule has 0 spiro atoms. The zero-order valence-electron chi connectivity index (χ0n) is 14.9. The van der Waals surface area contributed by atoms with Crippen LogP contribution in [0, 0.1) is 11.6 Å². The van der Waals surface area contributed by atoms with Gasteiger partial charge in [-0.25, -0.2) is 8.78 Å². The topological polar surface area (TPSA) is 47.6 Å². The molecule has 138 valence electrons. The van der Waals surface area contributed by atoms with Gasteiger partial charge < -0.3 is 14.8 Å². The van der Waals surface area contributed by atoms with E-state index < -0.39 is 17.7 Å². The second kappa shape index (κ2) is 8.99. The highest BCUT2D eigenvalue weighted by molar-refractivity contribution is 5.78. The van der Waals surface area contributed by atoms with E-state index in [1.807, 2.05) is 25.1 Å². The quantitative estimate of drug-likeness (QED) is 0.801. The molecule has 1 N–H and O–H groups in total. The monoisotopic (exact) mass is 361 g/mol. The fourth-order valence-corrected chi connectivity index (χ4v) is 2.39. The van der Waals surface area contributed by atoms with Crippen molar-refractivity contribution in [3.05, 3.63) is 65.2 Å². The van der Waals surface area contributed by atoms with E-state index in [1.165, 1.54) is 13.2 Å². The second-order valence-corrected chi connectivity index (χ2v) is 5.66. The molecule has 2 aromatic carbocycles. The lowest BCUT2D eigenvalue weighted by atomic mass is 10.1. The molecule has 4 nitrogen and oxygen atoms in total. The molecule has 0 aliphatic heterocycles. The summed E-state index contributed by atoms with van der Waals surface area (Å²) in [6, 6.07) is 8.40. The fourth-order valence-electron chi connectivity index (χ4n) is 2.39. The van der Waals surface area contributed by atoms with Crippen LogP contribution in [0.25, 0.3) is 6.08 Å². The van der Waals surface area contributed by atoms with E-state index in [1.54, 1.807) is 19.1 Å². The van der Waals surface area contributed by atoms with Gasteiger partial charge in [0.1, 0.15) is 0 Å². The molecule has 0 aliphatic carbocycles. The first-order valence-corrected chi connectivity index (χ1v) is 8.12. The maximum atomic E-state index is 13.3. The minimum Gasteiger partial charge on any atom is -0.493 e. The minimum atomic E-state index is -0.953. The summed E-state index contributed by atoms with van der Waals surface area (Å²) >= 11 is 0. The first-order valence-electron chi connectivity index (χ1n) is 8.12. The molecule has 0 bridgehead atoms. The van der Waals surface area contributed by atoms with Crippen molar-refractivity contribution in [1.82, 2.24) is 5.32 Å². The van der Waals surface area contributed by atoms with Gasteiger partial charge in [-0.3, -0.25) is 4.79 Å². The number of hydrogen-bond donors (Lipinski definition) is 1. The average molecular weight is 361 g/mol. The summed E-state index contributed by atoms with van der Waals surface area (Å²) in [6.07, 6.45) is 3.82.